The molecule has 7 heteroatoms. The van der Waals surface area contributed by atoms with Gasteiger partial charge < -0.3 is 24.0 Å². The zero-order valence-electron chi connectivity index (χ0n) is 26.7. The summed E-state index contributed by atoms with van der Waals surface area (Å²) in [6, 6.07) is 22.0. The predicted molar refractivity (Wildman–Crippen MR) is 182 cm³/mol. The number of furan rings is 1. The first-order valence-corrected chi connectivity index (χ1v) is 16.5. The van der Waals surface area contributed by atoms with Gasteiger partial charge in [0.2, 0.25) is 0 Å². The monoisotopic (exact) mass is 596 g/mol. The van der Waals surface area contributed by atoms with Crippen LogP contribution in [-0.2, 0) is 5.41 Å². The van der Waals surface area contributed by atoms with Crippen molar-refractivity contribution in [2.75, 3.05) is 28.8 Å². The van der Waals surface area contributed by atoms with E-state index in [4.69, 9.17) is 14.4 Å². The normalized spacial score (nSPS) is 28.0. The van der Waals surface area contributed by atoms with Crippen molar-refractivity contribution in [3.63, 3.8) is 0 Å². The summed E-state index contributed by atoms with van der Waals surface area (Å²) in [6.45, 7) is 7.05. The molecule has 0 saturated heterocycles. The molecule has 0 amide bonds. The van der Waals surface area contributed by atoms with Crippen LogP contribution in [0.5, 0.6) is 0 Å². The lowest BCUT2D eigenvalue weighted by molar-refractivity contribution is -0.125. The Balaban J connectivity index is 1.17. The van der Waals surface area contributed by atoms with Crippen molar-refractivity contribution >= 4 is 44.9 Å². The van der Waals surface area contributed by atoms with E-state index in [-0.39, 0.29) is 23.2 Å². The smallest absolute Gasteiger partial charge is 0.178 e. The summed E-state index contributed by atoms with van der Waals surface area (Å²) in [5.74, 6) is 2.45. The van der Waals surface area contributed by atoms with Crippen LogP contribution in [0.4, 0.5) is 23.0 Å². The Labute approximate surface area is 264 Å². The molecule has 1 saturated carbocycles. The van der Waals surface area contributed by atoms with Crippen molar-refractivity contribution in [2.45, 2.75) is 64.2 Å². The Morgan fingerprint density at radius 1 is 0.867 bits per heavy atom. The quantitative estimate of drug-likeness (QED) is 0.202. The lowest BCUT2D eigenvalue weighted by Crippen LogP contribution is -2.74. The lowest BCUT2D eigenvalue weighted by Gasteiger charge is -2.72. The highest BCUT2D eigenvalue weighted by Crippen LogP contribution is 2.74. The Bertz CT molecular complexity index is 2020. The van der Waals surface area contributed by atoms with Gasteiger partial charge in [-0.2, -0.15) is 0 Å². The van der Waals surface area contributed by atoms with Crippen LogP contribution in [0.15, 0.2) is 89.9 Å². The summed E-state index contributed by atoms with van der Waals surface area (Å²) in [5, 5.41) is 2.35. The van der Waals surface area contributed by atoms with E-state index < -0.39 is 0 Å². The Hall–Kier alpha value is -4.52. The SMILES string of the molecule is CCC12CC(CC3N(C)C=CN3c3c(C)ccc4c3oc3ccccc34)C1(CC)C1N(C)c3nccnc3N1c1ccccc12. The number of para-hydroxylation sites is 2. The molecule has 1 fully saturated rings. The highest BCUT2D eigenvalue weighted by atomic mass is 16.3. The van der Waals surface area contributed by atoms with Crippen LogP contribution >= 0.6 is 0 Å². The van der Waals surface area contributed by atoms with Crippen LogP contribution in [0, 0.1) is 18.3 Å². The molecule has 0 N–H and O–H groups in total. The second kappa shape index (κ2) is 9.25. The van der Waals surface area contributed by atoms with Crippen molar-refractivity contribution in [3.8, 4) is 0 Å². The molecule has 9 rings (SSSR count). The molecule has 3 aromatic carbocycles. The van der Waals surface area contributed by atoms with E-state index in [9.17, 15) is 0 Å². The van der Waals surface area contributed by atoms with Gasteiger partial charge in [-0.15, -0.1) is 0 Å². The molecule has 7 nitrogen and oxygen atoms in total. The lowest BCUT2D eigenvalue weighted by atomic mass is 9.36. The summed E-state index contributed by atoms with van der Waals surface area (Å²) < 4.78 is 6.59. The van der Waals surface area contributed by atoms with Crippen molar-refractivity contribution in [1.82, 2.24) is 14.9 Å². The van der Waals surface area contributed by atoms with Crippen LogP contribution < -0.4 is 14.7 Å². The van der Waals surface area contributed by atoms with Gasteiger partial charge >= 0.3 is 0 Å². The Morgan fingerprint density at radius 3 is 2.47 bits per heavy atom. The number of aryl methyl sites for hydroxylation is 1. The second-order valence-corrected chi connectivity index (χ2v) is 13.6. The number of aromatic nitrogens is 2. The number of rotatable bonds is 5. The number of benzene rings is 3. The second-order valence-electron chi connectivity index (χ2n) is 13.6. The topological polar surface area (TPSA) is 51.9 Å². The zero-order valence-corrected chi connectivity index (χ0v) is 26.7. The maximum atomic E-state index is 6.59. The van der Waals surface area contributed by atoms with E-state index in [0.717, 1.165) is 42.1 Å². The van der Waals surface area contributed by atoms with Crippen molar-refractivity contribution < 1.29 is 4.42 Å². The van der Waals surface area contributed by atoms with Gasteiger partial charge in [0.05, 0.1) is 5.69 Å². The number of hydrogen-bond acceptors (Lipinski definition) is 7. The molecule has 0 spiro atoms. The summed E-state index contributed by atoms with van der Waals surface area (Å²) in [4.78, 5) is 19.6. The Morgan fingerprint density at radius 2 is 1.64 bits per heavy atom. The van der Waals surface area contributed by atoms with E-state index in [1.165, 1.54) is 39.7 Å². The highest BCUT2D eigenvalue weighted by Gasteiger charge is 2.73. The fraction of sp³-hybridized carbons (Fsp3) is 0.368. The number of nitrogens with zero attached hydrogens (tertiary/aromatic N) is 6. The van der Waals surface area contributed by atoms with Crippen LogP contribution in [0.1, 0.15) is 50.7 Å². The Kier molecular flexibility index (Phi) is 5.52. The van der Waals surface area contributed by atoms with Crippen molar-refractivity contribution in [1.29, 1.82) is 0 Å². The molecule has 5 aromatic rings. The minimum Gasteiger partial charge on any atom is -0.454 e. The summed E-state index contributed by atoms with van der Waals surface area (Å²) in [6.07, 6.45) is 12.9. The maximum absolute atomic E-state index is 6.59. The molecule has 4 aliphatic rings. The maximum Gasteiger partial charge on any atom is 0.178 e. The molecular formula is C38H40N6O. The minimum atomic E-state index is 0.0166. The standard InChI is InChI=1S/C38H40N6O/c1-6-37-23-25(38(37,7-2)36-42(5)34-35(40-19-18-39-34)44(36)29-14-10-9-13-28(29)37)22-31-41(4)20-21-43(31)32-24(3)16-17-27-26-12-8-11-15-30(26)45-33(27)32/h8-21,25,31,36H,6-7,22-23H2,1-5H3. The molecule has 2 aromatic heterocycles. The summed E-state index contributed by atoms with van der Waals surface area (Å²) in [7, 11) is 4.47. The molecule has 5 heterocycles. The molecule has 1 aliphatic carbocycles. The number of anilines is 4. The van der Waals surface area contributed by atoms with Gasteiger partial charge in [0, 0.05) is 66.2 Å². The molecule has 0 radical (unpaired) electrons. The van der Waals surface area contributed by atoms with Crippen LogP contribution in [0.2, 0.25) is 0 Å². The first kappa shape index (κ1) is 26.8. The van der Waals surface area contributed by atoms with E-state index in [1.807, 2.05) is 12.4 Å². The van der Waals surface area contributed by atoms with Crippen molar-refractivity contribution in [3.05, 3.63) is 96.6 Å². The molecule has 5 atom stereocenters. The van der Waals surface area contributed by atoms with Gasteiger partial charge in [-0.05, 0) is 61.8 Å². The number of hydrogen-bond donors (Lipinski definition) is 0. The summed E-state index contributed by atoms with van der Waals surface area (Å²) in [5.41, 5.74) is 7.20. The van der Waals surface area contributed by atoms with Gasteiger partial charge in [0.1, 0.15) is 17.9 Å². The van der Waals surface area contributed by atoms with Gasteiger partial charge in [-0.3, -0.25) is 0 Å². The van der Waals surface area contributed by atoms with E-state index in [2.05, 4.69) is 128 Å². The van der Waals surface area contributed by atoms with Gasteiger partial charge in [-0.1, -0.05) is 62.4 Å². The molecule has 45 heavy (non-hydrogen) atoms. The predicted octanol–water partition coefficient (Wildman–Crippen LogP) is 8.32. The number of fused-ring (bicyclic) bond motifs is 11. The average Bonchev–Trinajstić information content (AvgIpc) is 3.71. The third-order valence-corrected chi connectivity index (χ3v) is 12.1. The van der Waals surface area contributed by atoms with Crippen LogP contribution in [0.25, 0.3) is 21.9 Å². The van der Waals surface area contributed by atoms with Gasteiger partial charge in [-0.25, -0.2) is 9.97 Å². The highest BCUT2D eigenvalue weighted by molar-refractivity contribution is 6.09. The fourth-order valence-corrected chi connectivity index (χ4v) is 10.2. The van der Waals surface area contributed by atoms with Crippen LogP contribution in [0.3, 0.4) is 0 Å². The van der Waals surface area contributed by atoms with E-state index >= 15 is 0 Å². The van der Waals surface area contributed by atoms with Gasteiger partial charge in [0.15, 0.2) is 17.2 Å². The molecule has 5 unspecified atom stereocenters. The third kappa shape index (κ3) is 3.16. The largest absolute Gasteiger partial charge is 0.454 e. The molecular weight excluding hydrogens is 556 g/mol. The van der Waals surface area contributed by atoms with Gasteiger partial charge in [0.25, 0.3) is 0 Å². The molecule has 3 aliphatic heterocycles. The minimum absolute atomic E-state index is 0.0166. The van der Waals surface area contributed by atoms with E-state index in [1.54, 1.807) is 0 Å². The average molecular weight is 597 g/mol. The van der Waals surface area contributed by atoms with Crippen LogP contribution in [-0.4, -0.2) is 41.3 Å². The molecule has 0 bridgehead atoms. The zero-order chi connectivity index (χ0) is 30.7. The summed E-state index contributed by atoms with van der Waals surface area (Å²) >= 11 is 0. The fourth-order valence-electron chi connectivity index (χ4n) is 10.2. The molecule has 228 valence electrons. The third-order valence-electron chi connectivity index (χ3n) is 12.1. The van der Waals surface area contributed by atoms with E-state index in [0.29, 0.717) is 5.92 Å². The first-order valence-electron chi connectivity index (χ1n) is 16.5. The first-order chi connectivity index (χ1) is 21.9. The van der Waals surface area contributed by atoms with Crippen molar-refractivity contribution in [2.24, 2.45) is 11.3 Å².